The van der Waals surface area contributed by atoms with Crippen LogP contribution in [0.25, 0.3) is 0 Å². The number of benzene rings is 2. The van der Waals surface area contributed by atoms with Crippen LogP contribution in [-0.4, -0.2) is 39.4 Å². The van der Waals surface area contributed by atoms with Gasteiger partial charge in [-0.1, -0.05) is 47.5 Å². The molecule has 0 aliphatic heterocycles. The number of sulfonamides is 1. The minimum Gasteiger partial charge on any atom is -0.354 e. The second-order valence-electron chi connectivity index (χ2n) is 6.59. The molecule has 0 saturated heterocycles. The molecule has 0 aliphatic carbocycles. The lowest BCUT2D eigenvalue weighted by Crippen LogP contribution is -2.41. The molecule has 0 atom stereocenters. The van der Waals surface area contributed by atoms with E-state index in [1.165, 1.54) is 11.1 Å². The van der Waals surface area contributed by atoms with Crippen LogP contribution in [0.4, 0.5) is 5.69 Å². The Morgan fingerprint density at radius 1 is 1.14 bits per heavy atom. The zero-order valence-corrected chi connectivity index (χ0v) is 18.6. The van der Waals surface area contributed by atoms with Gasteiger partial charge in [0.05, 0.1) is 11.9 Å². The smallest absolute Gasteiger partial charge is 0.240 e. The molecule has 5 nitrogen and oxygen atoms in total. The maximum Gasteiger partial charge on any atom is 0.240 e. The lowest BCUT2D eigenvalue weighted by molar-refractivity contribution is -0.119. The Morgan fingerprint density at radius 3 is 2.46 bits per heavy atom. The zero-order chi connectivity index (χ0) is 20.7. The Morgan fingerprint density at radius 2 is 1.82 bits per heavy atom. The summed E-state index contributed by atoms with van der Waals surface area (Å²) >= 11 is 7.72. The Bertz CT molecular complexity index is 916. The van der Waals surface area contributed by atoms with E-state index in [2.05, 4.69) is 36.5 Å². The Labute approximate surface area is 176 Å². The van der Waals surface area contributed by atoms with Crippen LogP contribution in [-0.2, 0) is 20.6 Å². The molecule has 0 spiro atoms. The second kappa shape index (κ2) is 10.2. The van der Waals surface area contributed by atoms with Crippen molar-refractivity contribution in [1.82, 2.24) is 5.32 Å². The van der Waals surface area contributed by atoms with Crippen LogP contribution in [0.3, 0.4) is 0 Å². The first kappa shape index (κ1) is 22.6. The number of nitrogens with one attached hydrogen (secondary N) is 1. The van der Waals surface area contributed by atoms with Crippen molar-refractivity contribution in [1.29, 1.82) is 0 Å². The molecule has 0 bridgehead atoms. The van der Waals surface area contributed by atoms with Gasteiger partial charge in [0.25, 0.3) is 0 Å². The molecule has 0 aliphatic rings. The van der Waals surface area contributed by atoms with Crippen molar-refractivity contribution in [2.24, 2.45) is 0 Å². The molecule has 2 aromatic rings. The molecule has 28 heavy (non-hydrogen) atoms. The number of amides is 1. The summed E-state index contributed by atoms with van der Waals surface area (Å²) < 4.78 is 25.5. The van der Waals surface area contributed by atoms with Crippen molar-refractivity contribution < 1.29 is 13.2 Å². The Hall–Kier alpha value is -1.70. The van der Waals surface area contributed by atoms with E-state index < -0.39 is 10.0 Å². The average Bonchev–Trinajstić information content (AvgIpc) is 2.62. The fourth-order valence-corrected chi connectivity index (χ4v) is 4.45. The van der Waals surface area contributed by atoms with Gasteiger partial charge >= 0.3 is 0 Å². The lowest BCUT2D eigenvalue weighted by Gasteiger charge is -2.23. The summed E-state index contributed by atoms with van der Waals surface area (Å²) in [6.07, 6.45) is 1.08. The third-order valence-corrected chi connectivity index (χ3v) is 6.48. The molecule has 1 N–H and O–H groups in total. The summed E-state index contributed by atoms with van der Waals surface area (Å²) in [4.78, 5) is 12.3. The van der Waals surface area contributed by atoms with Gasteiger partial charge in [-0.25, -0.2) is 8.42 Å². The SMILES string of the molecule is Cc1ccc(CSCCNC(=O)CN(c2cc(Cl)ccc2C)S(C)(=O)=O)cc1. The largest absolute Gasteiger partial charge is 0.354 e. The standard InChI is InChI=1S/C20H25ClN2O3S2/c1-15-4-7-17(8-5-15)14-27-11-10-22-20(24)13-23(28(3,25)26)19-12-18(21)9-6-16(19)2/h4-9,12H,10-11,13-14H2,1-3H3,(H,22,24). The van der Waals surface area contributed by atoms with Crippen LogP contribution in [0.2, 0.25) is 5.02 Å². The van der Waals surface area contributed by atoms with Crippen LogP contribution in [0.1, 0.15) is 16.7 Å². The minimum atomic E-state index is -3.62. The number of nitrogens with zero attached hydrogens (tertiary/aromatic N) is 1. The van der Waals surface area contributed by atoms with Crippen LogP contribution in [0, 0.1) is 13.8 Å². The van der Waals surface area contributed by atoms with E-state index in [0.717, 1.165) is 27.6 Å². The highest BCUT2D eigenvalue weighted by Crippen LogP contribution is 2.26. The number of thioether (sulfide) groups is 1. The van der Waals surface area contributed by atoms with E-state index in [4.69, 9.17) is 11.6 Å². The van der Waals surface area contributed by atoms with Gasteiger partial charge in [0.1, 0.15) is 6.54 Å². The van der Waals surface area contributed by atoms with Gasteiger partial charge in [-0.3, -0.25) is 9.10 Å². The van der Waals surface area contributed by atoms with E-state index in [1.807, 2.05) is 0 Å². The maximum absolute atomic E-state index is 12.3. The van der Waals surface area contributed by atoms with E-state index >= 15 is 0 Å². The Kier molecular flexibility index (Phi) is 8.22. The molecule has 1 amide bonds. The zero-order valence-electron chi connectivity index (χ0n) is 16.2. The number of hydrogen-bond donors (Lipinski definition) is 1. The van der Waals surface area contributed by atoms with Crippen molar-refractivity contribution in [3.63, 3.8) is 0 Å². The molecule has 0 unspecified atom stereocenters. The van der Waals surface area contributed by atoms with Crippen molar-refractivity contribution in [2.75, 3.05) is 29.4 Å². The monoisotopic (exact) mass is 440 g/mol. The lowest BCUT2D eigenvalue weighted by atomic mass is 10.2. The highest BCUT2D eigenvalue weighted by Gasteiger charge is 2.22. The van der Waals surface area contributed by atoms with Crippen LogP contribution in [0.5, 0.6) is 0 Å². The highest BCUT2D eigenvalue weighted by atomic mass is 35.5. The summed E-state index contributed by atoms with van der Waals surface area (Å²) in [6.45, 7) is 4.03. The van der Waals surface area contributed by atoms with E-state index in [0.29, 0.717) is 17.3 Å². The minimum absolute atomic E-state index is 0.275. The molecule has 0 radical (unpaired) electrons. The van der Waals surface area contributed by atoms with Gasteiger partial charge < -0.3 is 5.32 Å². The van der Waals surface area contributed by atoms with Crippen molar-refractivity contribution in [3.05, 3.63) is 64.2 Å². The summed E-state index contributed by atoms with van der Waals surface area (Å²) in [5, 5.41) is 3.20. The molecular formula is C20H25ClN2O3S2. The van der Waals surface area contributed by atoms with E-state index in [9.17, 15) is 13.2 Å². The first-order valence-electron chi connectivity index (χ1n) is 8.80. The fourth-order valence-electron chi connectivity index (χ4n) is 2.56. The quantitative estimate of drug-likeness (QED) is 0.602. The molecule has 0 fully saturated rings. The first-order chi connectivity index (χ1) is 13.2. The average molecular weight is 441 g/mol. The Balaban J connectivity index is 1.86. The highest BCUT2D eigenvalue weighted by molar-refractivity contribution is 7.98. The maximum atomic E-state index is 12.3. The number of carbonyl (C=O) groups excluding carboxylic acids is 1. The number of aryl methyl sites for hydroxylation is 2. The van der Waals surface area contributed by atoms with E-state index in [1.54, 1.807) is 36.9 Å². The van der Waals surface area contributed by atoms with Gasteiger partial charge in [0.2, 0.25) is 15.9 Å². The molecule has 2 rings (SSSR count). The molecule has 0 saturated carbocycles. The summed E-state index contributed by atoms with van der Waals surface area (Å²) in [5.41, 5.74) is 3.61. The molecular weight excluding hydrogens is 416 g/mol. The summed E-state index contributed by atoms with van der Waals surface area (Å²) in [7, 11) is -3.62. The van der Waals surface area contributed by atoms with Crippen molar-refractivity contribution >= 4 is 45.0 Å². The predicted octanol–water partition coefficient (Wildman–Crippen LogP) is 3.77. The predicted molar refractivity (Wildman–Crippen MR) is 119 cm³/mol. The van der Waals surface area contributed by atoms with Crippen molar-refractivity contribution in [2.45, 2.75) is 19.6 Å². The summed E-state index contributed by atoms with van der Waals surface area (Å²) in [6, 6.07) is 13.3. The number of carbonyl (C=O) groups is 1. The third kappa shape index (κ3) is 7.04. The molecule has 0 aromatic heterocycles. The topological polar surface area (TPSA) is 66.5 Å². The fraction of sp³-hybridized carbons (Fsp3) is 0.350. The summed E-state index contributed by atoms with van der Waals surface area (Å²) in [5.74, 6) is 1.27. The van der Waals surface area contributed by atoms with Crippen LogP contribution in [0.15, 0.2) is 42.5 Å². The van der Waals surface area contributed by atoms with Crippen LogP contribution < -0.4 is 9.62 Å². The number of anilines is 1. The van der Waals surface area contributed by atoms with Gasteiger partial charge in [0.15, 0.2) is 0 Å². The second-order valence-corrected chi connectivity index (χ2v) is 10.0. The van der Waals surface area contributed by atoms with Gasteiger partial charge in [-0.05, 0) is 37.1 Å². The first-order valence-corrected chi connectivity index (χ1v) is 12.2. The number of halogens is 1. The van der Waals surface area contributed by atoms with E-state index in [-0.39, 0.29) is 12.5 Å². The third-order valence-electron chi connectivity index (χ3n) is 4.09. The number of rotatable bonds is 9. The molecule has 0 heterocycles. The molecule has 152 valence electrons. The number of hydrogen-bond acceptors (Lipinski definition) is 4. The molecule has 2 aromatic carbocycles. The van der Waals surface area contributed by atoms with Gasteiger partial charge in [-0.15, -0.1) is 0 Å². The normalized spacial score (nSPS) is 11.3. The molecule has 8 heteroatoms. The van der Waals surface area contributed by atoms with Crippen LogP contribution >= 0.6 is 23.4 Å². The van der Waals surface area contributed by atoms with Crippen molar-refractivity contribution in [3.8, 4) is 0 Å². The van der Waals surface area contributed by atoms with Gasteiger partial charge in [-0.2, -0.15) is 11.8 Å². The van der Waals surface area contributed by atoms with Gasteiger partial charge in [0, 0.05) is 23.1 Å².